The second-order valence-electron chi connectivity index (χ2n) is 6.69. The molecular weight excluding hydrogens is 316 g/mol. The van der Waals surface area contributed by atoms with Crippen LogP contribution in [0.3, 0.4) is 0 Å². The summed E-state index contributed by atoms with van der Waals surface area (Å²) in [6.45, 7) is 2.31. The predicted octanol–water partition coefficient (Wildman–Crippen LogP) is 2.00. The smallest absolute Gasteiger partial charge is 0.161 e. The molecule has 1 aliphatic heterocycles. The van der Waals surface area contributed by atoms with Crippen molar-refractivity contribution in [3.8, 4) is 11.4 Å². The minimum Gasteiger partial charge on any atom is -0.394 e. The van der Waals surface area contributed by atoms with Gasteiger partial charge in [-0.2, -0.15) is 0 Å². The Bertz CT molecular complexity index is 723. The van der Waals surface area contributed by atoms with Gasteiger partial charge in [0.1, 0.15) is 5.82 Å². The molecule has 25 heavy (non-hydrogen) atoms. The third-order valence-electron chi connectivity index (χ3n) is 4.97. The molecule has 0 saturated carbocycles. The van der Waals surface area contributed by atoms with Gasteiger partial charge in [0.2, 0.25) is 0 Å². The van der Waals surface area contributed by atoms with Gasteiger partial charge in [-0.25, -0.2) is 9.97 Å². The van der Waals surface area contributed by atoms with Crippen molar-refractivity contribution in [1.29, 1.82) is 0 Å². The number of pyridine rings is 1. The highest BCUT2D eigenvalue weighted by Crippen LogP contribution is 2.32. The molecule has 3 heterocycles. The van der Waals surface area contributed by atoms with Crippen LogP contribution in [-0.4, -0.2) is 52.5 Å². The molecule has 4 rings (SSSR count). The summed E-state index contributed by atoms with van der Waals surface area (Å²) < 4.78 is 5.77. The molecule has 1 unspecified atom stereocenters. The summed E-state index contributed by atoms with van der Waals surface area (Å²) in [6, 6.07) is 3.92. The largest absolute Gasteiger partial charge is 0.394 e. The first-order chi connectivity index (χ1) is 12.3. The number of hydrogen-bond acceptors (Lipinski definition) is 6. The summed E-state index contributed by atoms with van der Waals surface area (Å²) in [4.78, 5) is 16.2. The lowest BCUT2D eigenvalue weighted by Crippen LogP contribution is -2.41. The Balaban J connectivity index is 1.65. The van der Waals surface area contributed by atoms with Crippen molar-refractivity contribution in [2.24, 2.45) is 0 Å². The Hall–Kier alpha value is -2.05. The van der Waals surface area contributed by atoms with E-state index in [1.807, 2.05) is 12.1 Å². The zero-order chi connectivity index (χ0) is 17.1. The highest BCUT2D eigenvalue weighted by Gasteiger charge is 2.27. The molecule has 0 bridgehead atoms. The van der Waals surface area contributed by atoms with Crippen LogP contribution < -0.4 is 4.90 Å². The summed E-state index contributed by atoms with van der Waals surface area (Å²) in [6.07, 6.45) is 9.09. The van der Waals surface area contributed by atoms with E-state index in [2.05, 4.69) is 9.88 Å². The van der Waals surface area contributed by atoms with Crippen LogP contribution in [0.1, 0.15) is 30.5 Å². The average molecular weight is 340 g/mol. The van der Waals surface area contributed by atoms with Crippen LogP contribution in [0.2, 0.25) is 0 Å². The molecular formula is C19H24N4O2. The van der Waals surface area contributed by atoms with E-state index in [0.29, 0.717) is 6.61 Å². The van der Waals surface area contributed by atoms with Gasteiger partial charge in [0.25, 0.3) is 0 Å². The third-order valence-corrected chi connectivity index (χ3v) is 4.97. The molecule has 132 valence electrons. The number of fused-ring (bicyclic) bond motifs is 1. The molecule has 6 heteroatoms. The molecule has 0 radical (unpaired) electrons. The number of aliphatic hydroxyl groups is 1. The molecule has 1 N–H and O–H groups in total. The second kappa shape index (κ2) is 7.45. The van der Waals surface area contributed by atoms with E-state index in [4.69, 9.17) is 19.8 Å². The number of aryl methyl sites for hydroxylation is 1. The minimum atomic E-state index is 0.0750. The second-order valence-corrected chi connectivity index (χ2v) is 6.69. The molecule has 1 atom stereocenters. The van der Waals surface area contributed by atoms with Crippen LogP contribution in [0, 0.1) is 0 Å². The van der Waals surface area contributed by atoms with E-state index in [1.54, 1.807) is 12.4 Å². The summed E-state index contributed by atoms with van der Waals surface area (Å²) in [7, 11) is 0. The zero-order valence-corrected chi connectivity index (χ0v) is 14.4. The highest BCUT2D eigenvalue weighted by atomic mass is 16.5. The van der Waals surface area contributed by atoms with E-state index in [9.17, 15) is 0 Å². The Kier molecular flexibility index (Phi) is 4.90. The Labute approximate surface area is 147 Å². The molecule has 0 amide bonds. The van der Waals surface area contributed by atoms with Crippen molar-refractivity contribution in [3.63, 3.8) is 0 Å². The van der Waals surface area contributed by atoms with Gasteiger partial charge in [-0.15, -0.1) is 0 Å². The van der Waals surface area contributed by atoms with Crippen molar-refractivity contribution in [1.82, 2.24) is 15.0 Å². The molecule has 1 fully saturated rings. The summed E-state index contributed by atoms with van der Waals surface area (Å²) in [5, 5.41) is 9.00. The molecule has 6 nitrogen and oxygen atoms in total. The maximum Gasteiger partial charge on any atom is 0.161 e. The number of aliphatic hydroxyl groups excluding tert-OH is 1. The zero-order valence-electron chi connectivity index (χ0n) is 14.4. The normalized spacial score (nSPS) is 19.9. The van der Waals surface area contributed by atoms with E-state index in [0.717, 1.165) is 62.4 Å². The van der Waals surface area contributed by atoms with Crippen LogP contribution in [0.4, 0.5) is 5.82 Å². The van der Waals surface area contributed by atoms with Gasteiger partial charge < -0.3 is 14.7 Å². The number of ether oxygens (including phenoxy) is 1. The number of anilines is 1. The maximum atomic E-state index is 9.00. The monoisotopic (exact) mass is 340 g/mol. The molecule has 2 aliphatic rings. The van der Waals surface area contributed by atoms with Crippen LogP contribution >= 0.6 is 0 Å². The van der Waals surface area contributed by atoms with Gasteiger partial charge in [0, 0.05) is 42.3 Å². The maximum absolute atomic E-state index is 9.00. The van der Waals surface area contributed by atoms with Gasteiger partial charge in [-0.1, -0.05) is 0 Å². The fourth-order valence-corrected chi connectivity index (χ4v) is 3.79. The van der Waals surface area contributed by atoms with Crippen molar-refractivity contribution < 1.29 is 9.84 Å². The molecule has 0 aromatic carbocycles. The molecule has 2 aromatic rings. The topological polar surface area (TPSA) is 71.4 Å². The minimum absolute atomic E-state index is 0.0750. The first-order valence-electron chi connectivity index (χ1n) is 9.13. The quantitative estimate of drug-likeness (QED) is 0.898. The van der Waals surface area contributed by atoms with Gasteiger partial charge in [-0.05, 0) is 44.2 Å². The van der Waals surface area contributed by atoms with Crippen molar-refractivity contribution in [2.75, 3.05) is 31.2 Å². The fourth-order valence-electron chi connectivity index (χ4n) is 3.79. The highest BCUT2D eigenvalue weighted by molar-refractivity contribution is 5.61. The predicted molar refractivity (Wildman–Crippen MR) is 95.6 cm³/mol. The first-order valence-corrected chi connectivity index (χ1v) is 9.13. The van der Waals surface area contributed by atoms with Gasteiger partial charge in [0.15, 0.2) is 5.82 Å². The number of rotatable bonds is 5. The Morgan fingerprint density at radius 1 is 1.16 bits per heavy atom. The van der Waals surface area contributed by atoms with E-state index < -0.39 is 0 Å². The Morgan fingerprint density at radius 2 is 2.04 bits per heavy atom. The molecule has 2 aromatic heterocycles. The van der Waals surface area contributed by atoms with Gasteiger partial charge >= 0.3 is 0 Å². The van der Waals surface area contributed by atoms with Crippen LogP contribution in [0.5, 0.6) is 0 Å². The number of piperidine rings is 1. The lowest BCUT2D eigenvalue weighted by molar-refractivity contribution is 0.0213. The van der Waals surface area contributed by atoms with Crippen molar-refractivity contribution >= 4 is 5.82 Å². The summed E-state index contributed by atoms with van der Waals surface area (Å²) in [5.74, 6) is 1.86. The van der Waals surface area contributed by atoms with Crippen LogP contribution in [-0.2, 0) is 17.6 Å². The lowest BCUT2D eigenvalue weighted by atomic mass is 10.1. The van der Waals surface area contributed by atoms with Crippen molar-refractivity contribution in [2.45, 2.75) is 38.2 Å². The number of nitrogens with zero attached hydrogens (tertiary/aromatic N) is 4. The molecule has 1 aliphatic carbocycles. The van der Waals surface area contributed by atoms with E-state index in [-0.39, 0.29) is 12.7 Å². The molecule has 0 spiro atoms. The number of aromatic nitrogens is 3. The summed E-state index contributed by atoms with van der Waals surface area (Å²) >= 11 is 0. The fraction of sp³-hybridized carbons (Fsp3) is 0.526. The molecule has 1 saturated heterocycles. The first kappa shape index (κ1) is 16.4. The SMILES string of the molecule is OCCOC1CCCN(c2nc(-c3ccncc3)nc3c2CCC3)C1. The van der Waals surface area contributed by atoms with Gasteiger partial charge in [0.05, 0.1) is 19.3 Å². The van der Waals surface area contributed by atoms with Gasteiger partial charge in [-0.3, -0.25) is 4.98 Å². The van der Waals surface area contributed by atoms with Crippen LogP contribution in [0.15, 0.2) is 24.5 Å². The van der Waals surface area contributed by atoms with E-state index in [1.165, 1.54) is 11.3 Å². The lowest BCUT2D eigenvalue weighted by Gasteiger charge is -2.34. The standard InChI is InChI=1S/C19H24N4O2/c24-11-12-25-15-3-2-10-23(13-15)19-16-4-1-5-17(16)21-18(22-19)14-6-8-20-9-7-14/h6-9,15,24H,1-5,10-13H2. The summed E-state index contributed by atoms with van der Waals surface area (Å²) in [5.41, 5.74) is 3.51. The average Bonchev–Trinajstić information content (AvgIpc) is 3.15. The van der Waals surface area contributed by atoms with Crippen molar-refractivity contribution in [3.05, 3.63) is 35.8 Å². The van der Waals surface area contributed by atoms with Crippen LogP contribution in [0.25, 0.3) is 11.4 Å². The van der Waals surface area contributed by atoms with E-state index >= 15 is 0 Å². The Morgan fingerprint density at radius 3 is 2.88 bits per heavy atom. The number of hydrogen-bond donors (Lipinski definition) is 1. The third kappa shape index (κ3) is 3.50.